The molecular weight excluding hydrogens is 368 g/mol. The first kappa shape index (κ1) is 17.2. The lowest BCUT2D eigenvalue weighted by atomic mass is 10.2. The largest absolute Gasteiger partial charge is 0.494 e. The van der Waals surface area contributed by atoms with E-state index in [-0.39, 0.29) is 12.1 Å². The molecule has 3 aromatic rings. The number of para-hydroxylation sites is 1. The van der Waals surface area contributed by atoms with E-state index < -0.39 is 0 Å². The van der Waals surface area contributed by atoms with Crippen LogP contribution in [0.4, 0.5) is 5.13 Å². The van der Waals surface area contributed by atoms with E-state index >= 15 is 0 Å². The number of benzene rings is 2. The molecule has 7 heteroatoms. The van der Waals surface area contributed by atoms with Crippen LogP contribution in [0.2, 0.25) is 0 Å². The molecule has 4 rings (SSSR count). The number of esters is 1. The van der Waals surface area contributed by atoms with Gasteiger partial charge in [-0.05, 0) is 30.5 Å². The van der Waals surface area contributed by atoms with Crippen molar-refractivity contribution in [3.8, 4) is 5.75 Å². The van der Waals surface area contributed by atoms with Crippen molar-refractivity contribution < 1.29 is 14.3 Å². The van der Waals surface area contributed by atoms with Gasteiger partial charge in [0.1, 0.15) is 17.4 Å². The number of anilines is 1. The first-order valence-corrected chi connectivity index (χ1v) is 10.3. The number of rotatable bonds is 5. The maximum atomic E-state index is 12.4. The number of thiazole rings is 1. The molecule has 0 amide bonds. The van der Waals surface area contributed by atoms with E-state index in [1.807, 2.05) is 48.7 Å². The number of nitrogens with zero attached hydrogens (tertiary/aromatic N) is 2. The van der Waals surface area contributed by atoms with Crippen LogP contribution in [0.3, 0.4) is 0 Å². The van der Waals surface area contributed by atoms with E-state index in [1.54, 1.807) is 30.2 Å². The predicted octanol–water partition coefficient (Wildman–Crippen LogP) is 4.07. The molecule has 0 aliphatic carbocycles. The van der Waals surface area contributed by atoms with E-state index in [0.29, 0.717) is 18.7 Å². The van der Waals surface area contributed by atoms with Gasteiger partial charge in [-0.25, -0.2) is 9.78 Å². The fraction of sp³-hybridized carbons (Fsp3) is 0.263. The highest BCUT2D eigenvalue weighted by Gasteiger charge is 2.33. The van der Waals surface area contributed by atoms with Crippen molar-refractivity contribution in [3.63, 3.8) is 0 Å². The van der Waals surface area contributed by atoms with Crippen molar-refractivity contribution in [2.45, 2.75) is 11.0 Å². The molecule has 26 heavy (non-hydrogen) atoms. The fourth-order valence-electron chi connectivity index (χ4n) is 2.91. The minimum absolute atomic E-state index is 0.105. The number of thioether (sulfide) groups is 1. The highest BCUT2D eigenvalue weighted by atomic mass is 32.2. The monoisotopic (exact) mass is 386 g/mol. The van der Waals surface area contributed by atoms with Gasteiger partial charge in [-0.2, -0.15) is 0 Å². The van der Waals surface area contributed by atoms with Crippen LogP contribution >= 0.6 is 23.1 Å². The van der Waals surface area contributed by atoms with Gasteiger partial charge in [0.25, 0.3) is 0 Å². The molecule has 1 aliphatic heterocycles. The maximum Gasteiger partial charge on any atom is 0.339 e. The Labute approximate surface area is 159 Å². The van der Waals surface area contributed by atoms with Crippen LogP contribution in [-0.2, 0) is 4.74 Å². The van der Waals surface area contributed by atoms with Crippen LogP contribution in [-0.4, -0.2) is 43.5 Å². The summed E-state index contributed by atoms with van der Waals surface area (Å²) in [5, 5.41) is 0.932. The lowest BCUT2D eigenvalue weighted by molar-refractivity contribution is 0.0230. The Morgan fingerprint density at radius 2 is 2.04 bits per heavy atom. The van der Waals surface area contributed by atoms with Gasteiger partial charge >= 0.3 is 5.97 Å². The standard InChI is InChI=1S/C19H18N2O3S2/c1-23-14-7-5-9-16-17(14)20-19(26-16)21-10-12(11-21)24-18(22)13-6-3-4-8-15(13)25-2/h3-9,12H,10-11H2,1-2H3. The number of ether oxygens (including phenoxy) is 2. The lowest BCUT2D eigenvalue weighted by Crippen LogP contribution is -2.53. The lowest BCUT2D eigenvalue weighted by Gasteiger charge is -2.38. The van der Waals surface area contributed by atoms with E-state index in [2.05, 4.69) is 9.88 Å². The zero-order chi connectivity index (χ0) is 18.1. The summed E-state index contributed by atoms with van der Waals surface area (Å²) in [7, 11) is 1.65. The third-order valence-corrected chi connectivity index (χ3v) is 6.19. The normalized spacial score (nSPS) is 14.3. The Bertz CT molecular complexity index is 951. The molecule has 2 heterocycles. The van der Waals surface area contributed by atoms with Gasteiger partial charge < -0.3 is 14.4 Å². The van der Waals surface area contributed by atoms with Crippen LogP contribution in [0.25, 0.3) is 10.2 Å². The predicted molar refractivity (Wildman–Crippen MR) is 106 cm³/mol. The Morgan fingerprint density at radius 1 is 1.23 bits per heavy atom. The summed E-state index contributed by atoms with van der Waals surface area (Å²) in [4.78, 5) is 20.2. The maximum absolute atomic E-state index is 12.4. The van der Waals surface area contributed by atoms with E-state index in [0.717, 1.165) is 26.0 Å². The number of carbonyl (C=O) groups is 1. The van der Waals surface area contributed by atoms with Gasteiger partial charge in [0, 0.05) is 4.90 Å². The third-order valence-electron chi connectivity index (χ3n) is 4.31. The summed E-state index contributed by atoms with van der Waals surface area (Å²) in [5.74, 6) is 0.521. The molecule has 0 radical (unpaired) electrons. The number of methoxy groups -OCH3 is 1. The number of carbonyl (C=O) groups excluding carboxylic acids is 1. The molecule has 5 nitrogen and oxygen atoms in total. The smallest absolute Gasteiger partial charge is 0.339 e. The second-order valence-corrected chi connectivity index (χ2v) is 7.79. The highest BCUT2D eigenvalue weighted by Crippen LogP contribution is 2.36. The van der Waals surface area contributed by atoms with Gasteiger partial charge in [0.05, 0.1) is 30.5 Å². The van der Waals surface area contributed by atoms with Crippen LogP contribution in [0.15, 0.2) is 47.4 Å². The molecule has 1 aliphatic rings. The van der Waals surface area contributed by atoms with Crippen molar-refractivity contribution >= 4 is 44.4 Å². The molecule has 2 aromatic carbocycles. The molecule has 0 saturated carbocycles. The van der Waals surface area contributed by atoms with Gasteiger partial charge in [0.2, 0.25) is 0 Å². The molecule has 0 spiro atoms. The van der Waals surface area contributed by atoms with Crippen LogP contribution < -0.4 is 9.64 Å². The van der Waals surface area contributed by atoms with Gasteiger partial charge in [-0.3, -0.25) is 0 Å². The average molecular weight is 386 g/mol. The van der Waals surface area contributed by atoms with Crippen molar-refractivity contribution in [2.75, 3.05) is 31.4 Å². The first-order valence-electron chi connectivity index (χ1n) is 8.22. The summed E-state index contributed by atoms with van der Waals surface area (Å²) in [6, 6.07) is 13.4. The molecule has 1 aromatic heterocycles. The quantitative estimate of drug-likeness (QED) is 0.487. The second kappa shape index (κ2) is 7.17. The van der Waals surface area contributed by atoms with Crippen molar-refractivity contribution in [2.24, 2.45) is 0 Å². The molecule has 0 N–H and O–H groups in total. The van der Waals surface area contributed by atoms with Crippen LogP contribution in [0, 0.1) is 0 Å². The number of aromatic nitrogens is 1. The second-order valence-electron chi connectivity index (χ2n) is 5.94. The van der Waals surface area contributed by atoms with E-state index in [9.17, 15) is 4.79 Å². The van der Waals surface area contributed by atoms with Crippen molar-refractivity contribution in [1.82, 2.24) is 4.98 Å². The Hall–Kier alpha value is -2.25. The summed E-state index contributed by atoms with van der Waals surface area (Å²) < 4.78 is 12.1. The SMILES string of the molecule is COc1cccc2sc(N3CC(OC(=O)c4ccccc4SC)C3)nc12. The summed E-state index contributed by atoms with van der Waals surface area (Å²) in [5.41, 5.74) is 1.51. The van der Waals surface area contributed by atoms with Gasteiger partial charge in [-0.1, -0.05) is 29.5 Å². The Balaban J connectivity index is 1.42. The molecular formula is C19H18N2O3S2. The molecule has 0 unspecified atom stereocenters. The highest BCUT2D eigenvalue weighted by molar-refractivity contribution is 7.98. The summed E-state index contributed by atoms with van der Waals surface area (Å²) in [6.07, 6.45) is 1.85. The minimum atomic E-state index is -0.259. The topological polar surface area (TPSA) is 51.7 Å². The van der Waals surface area contributed by atoms with Crippen molar-refractivity contribution in [3.05, 3.63) is 48.0 Å². The Kier molecular flexibility index (Phi) is 4.74. The van der Waals surface area contributed by atoms with Crippen LogP contribution in [0.1, 0.15) is 10.4 Å². The summed E-state index contributed by atoms with van der Waals surface area (Å²) in [6.45, 7) is 1.32. The number of fused-ring (bicyclic) bond motifs is 1. The molecule has 134 valence electrons. The van der Waals surface area contributed by atoms with Gasteiger partial charge in [0.15, 0.2) is 5.13 Å². The number of hydrogen-bond donors (Lipinski definition) is 0. The molecule has 0 atom stereocenters. The van der Waals surface area contributed by atoms with Gasteiger partial charge in [-0.15, -0.1) is 11.8 Å². The molecule has 1 saturated heterocycles. The van der Waals surface area contributed by atoms with Crippen LogP contribution in [0.5, 0.6) is 5.75 Å². The minimum Gasteiger partial charge on any atom is -0.494 e. The zero-order valence-corrected chi connectivity index (χ0v) is 16.1. The zero-order valence-electron chi connectivity index (χ0n) is 14.5. The fourth-order valence-corrected chi connectivity index (χ4v) is 4.50. The van der Waals surface area contributed by atoms with Crippen molar-refractivity contribution in [1.29, 1.82) is 0 Å². The van der Waals surface area contributed by atoms with E-state index in [4.69, 9.17) is 9.47 Å². The Morgan fingerprint density at radius 3 is 2.81 bits per heavy atom. The third kappa shape index (κ3) is 3.12. The summed E-state index contributed by atoms with van der Waals surface area (Å²) >= 11 is 3.17. The van der Waals surface area contributed by atoms with E-state index in [1.165, 1.54) is 0 Å². The molecule has 1 fully saturated rings. The molecule has 0 bridgehead atoms. The first-order chi connectivity index (χ1) is 12.7. The number of hydrogen-bond acceptors (Lipinski definition) is 7. The average Bonchev–Trinajstić information content (AvgIpc) is 3.07.